The van der Waals surface area contributed by atoms with Crippen LogP contribution in [0.25, 0.3) is 11.5 Å². The van der Waals surface area contributed by atoms with E-state index in [1.807, 2.05) is 12.1 Å². The number of hydrogen-bond acceptors (Lipinski definition) is 5. The second-order valence-corrected chi connectivity index (χ2v) is 8.19. The van der Waals surface area contributed by atoms with Gasteiger partial charge < -0.3 is 19.4 Å². The largest absolute Gasteiger partial charge is 0.444 e. The fraction of sp³-hybridized carbons (Fsp3) is 0.565. The van der Waals surface area contributed by atoms with Crippen LogP contribution in [-0.4, -0.2) is 73.2 Å². The van der Waals surface area contributed by atoms with Crippen molar-refractivity contribution in [3.63, 3.8) is 0 Å². The minimum Gasteiger partial charge on any atom is -0.444 e. The normalized spacial score (nSPS) is 20.7. The Kier molecular flexibility index (Phi) is 7.02. The van der Waals surface area contributed by atoms with Crippen molar-refractivity contribution in [1.82, 2.24) is 20.1 Å². The molecule has 0 radical (unpaired) electrons. The van der Waals surface area contributed by atoms with E-state index in [1.165, 1.54) is 12.0 Å². The Hall–Kier alpha value is -2.38. The summed E-state index contributed by atoms with van der Waals surface area (Å²) in [7, 11) is 0. The van der Waals surface area contributed by atoms with Crippen LogP contribution in [0.4, 0.5) is 0 Å². The first-order valence-electron chi connectivity index (χ1n) is 11.1. The first-order chi connectivity index (χ1) is 14.7. The molecule has 3 heterocycles. The summed E-state index contributed by atoms with van der Waals surface area (Å²) >= 11 is 0. The van der Waals surface area contributed by atoms with Gasteiger partial charge in [0.1, 0.15) is 12.0 Å². The van der Waals surface area contributed by atoms with Crippen molar-refractivity contribution in [1.29, 1.82) is 0 Å². The molecule has 1 aromatic heterocycles. The number of hydrogen-bond donors (Lipinski definition) is 1. The number of nitrogens with one attached hydrogen (secondary N) is 1. The van der Waals surface area contributed by atoms with Crippen molar-refractivity contribution in [2.45, 2.75) is 26.8 Å². The summed E-state index contributed by atoms with van der Waals surface area (Å²) in [5.41, 5.74) is 3.07. The van der Waals surface area contributed by atoms with Gasteiger partial charge in [-0.05, 0) is 38.3 Å². The van der Waals surface area contributed by atoms with Gasteiger partial charge in [-0.3, -0.25) is 4.90 Å². The Bertz CT molecular complexity index is 826. The zero-order chi connectivity index (χ0) is 20.8. The van der Waals surface area contributed by atoms with Crippen LogP contribution in [0.3, 0.4) is 0 Å². The van der Waals surface area contributed by atoms with E-state index in [0.717, 1.165) is 69.7 Å². The SMILES string of the molecule is CCNC(=NCc1coc(-c2ccc(C)cc2)n1)N1CCC(CN2CCOCC2)C1. The maximum atomic E-state index is 5.68. The first-order valence-corrected chi connectivity index (χ1v) is 11.1. The van der Waals surface area contributed by atoms with Gasteiger partial charge in [0.05, 0.1) is 19.8 Å². The maximum Gasteiger partial charge on any atom is 0.226 e. The predicted molar refractivity (Wildman–Crippen MR) is 118 cm³/mol. The van der Waals surface area contributed by atoms with Crippen LogP contribution in [0.15, 0.2) is 39.9 Å². The average Bonchev–Trinajstić information content (AvgIpc) is 3.42. The van der Waals surface area contributed by atoms with Crippen LogP contribution in [0.1, 0.15) is 24.6 Å². The highest BCUT2D eigenvalue weighted by molar-refractivity contribution is 5.80. The molecule has 2 saturated heterocycles. The van der Waals surface area contributed by atoms with E-state index in [1.54, 1.807) is 6.26 Å². The predicted octanol–water partition coefficient (Wildman–Crippen LogP) is 2.77. The zero-order valence-electron chi connectivity index (χ0n) is 18.1. The monoisotopic (exact) mass is 411 g/mol. The molecule has 7 nitrogen and oxygen atoms in total. The highest BCUT2D eigenvalue weighted by Crippen LogP contribution is 2.21. The van der Waals surface area contributed by atoms with Gasteiger partial charge in [0.25, 0.3) is 0 Å². The molecular formula is C23H33N5O2. The Morgan fingerprint density at radius 2 is 2.00 bits per heavy atom. The summed E-state index contributed by atoms with van der Waals surface area (Å²) in [6.07, 6.45) is 2.93. The molecule has 1 N–H and O–H groups in total. The number of aliphatic imine (C=N–C) groups is 1. The van der Waals surface area contributed by atoms with Gasteiger partial charge in [-0.15, -0.1) is 0 Å². The Morgan fingerprint density at radius 3 is 2.77 bits per heavy atom. The Labute approximate surface area is 179 Å². The van der Waals surface area contributed by atoms with Gasteiger partial charge in [-0.2, -0.15) is 0 Å². The van der Waals surface area contributed by atoms with Gasteiger partial charge in [0, 0.05) is 44.8 Å². The molecule has 1 atom stereocenters. The Balaban J connectivity index is 1.35. The minimum atomic E-state index is 0.516. The fourth-order valence-electron chi connectivity index (χ4n) is 4.11. The number of aromatic nitrogens is 1. The minimum absolute atomic E-state index is 0.516. The average molecular weight is 412 g/mol. The third-order valence-electron chi connectivity index (χ3n) is 5.78. The van der Waals surface area contributed by atoms with Crippen LogP contribution in [0.2, 0.25) is 0 Å². The van der Waals surface area contributed by atoms with E-state index < -0.39 is 0 Å². The number of guanidine groups is 1. The third kappa shape index (κ3) is 5.40. The summed E-state index contributed by atoms with van der Waals surface area (Å²) in [4.78, 5) is 14.4. The van der Waals surface area contributed by atoms with Gasteiger partial charge in [0.15, 0.2) is 5.96 Å². The molecule has 0 bridgehead atoms. The van der Waals surface area contributed by atoms with Crippen molar-refractivity contribution in [2.75, 3.05) is 52.5 Å². The zero-order valence-corrected chi connectivity index (χ0v) is 18.1. The summed E-state index contributed by atoms with van der Waals surface area (Å²) in [5, 5.41) is 3.45. The number of morpholine rings is 1. The smallest absolute Gasteiger partial charge is 0.226 e. The molecule has 1 aromatic carbocycles. The van der Waals surface area contributed by atoms with Crippen LogP contribution in [0.5, 0.6) is 0 Å². The Morgan fingerprint density at radius 1 is 1.20 bits per heavy atom. The number of ether oxygens (including phenoxy) is 1. The number of benzene rings is 1. The van der Waals surface area contributed by atoms with E-state index in [0.29, 0.717) is 18.4 Å². The standard InChI is InChI=1S/C23H33N5O2/c1-3-24-23(28-9-8-19(16-28)15-27-10-12-29-13-11-27)25-14-21-17-30-22(26-21)20-6-4-18(2)5-7-20/h4-7,17,19H,3,8-16H2,1-2H3,(H,24,25). The van der Waals surface area contributed by atoms with Crippen LogP contribution >= 0.6 is 0 Å². The lowest BCUT2D eigenvalue weighted by atomic mass is 10.1. The molecule has 0 aliphatic carbocycles. The van der Waals surface area contributed by atoms with Crippen LogP contribution in [-0.2, 0) is 11.3 Å². The number of oxazole rings is 1. The van der Waals surface area contributed by atoms with Crippen LogP contribution < -0.4 is 5.32 Å². The summed E-state index contributed by atoms with van der Waals surface area (Å²) < 4.78 is 11.1. The van der Waals surface area contributed by atoms with Crippen molar-refractivity contribution in [3.05, 3.63) is 41.8 Å². The molecule has 30 heavy (non-hydrogen) atoms. The quantitative estimate of drug-likeness (QED) is 0.582. The first kappa shape index (κ1) is 20.9. The molecule has 2 aliphatic rings. The highest BCUT2D eigenvalue weighted by atomic mass is 16.5. The lowest BCUT2D eigenvalue weighted by Crippen LogP contribution is -2.42. The van der Waals surface area contributed by atoms with Gasteiger partial charge >= 0.3 is 0 Å². The molecule has 2 aromatic rings. The fourth-order valence-corrected chi connectivity index (χ4v) is 4.11. The van der Waals surface area contributed by atoms with Crippen molar-refractivity contribution < 1.29 is 9.15 Å². The molecule has 2 aliphatic heterocycles. The van der Waals surface area contributed by atoms with Gasteiger partial charge in [0.2, 0.25) is 5.89 Å². The van der Waals surface area contributed by atoms with Crippen LogP contribution in [0, 0.1) is 12.8 Å². The number of aryl methyl sites for hydroxylation is 1. The summed E-state index contributed by atoms with van der Waals surface area (Å²) in [6.45, 7) is 12.7. The summed E-state index contributed by atoms with van der Waals surface area (Å²) in [6, 6.07) is 8.22. The van der Waals surface area contributed by atoms with Crippen molar-refractivity contribution >= 4 is 5.96 Å². The van der Waals surface area contributed by atoms with Gasteiger partial charge in [-0.1, -0.05) is 17.7 Å². The molecule has 2 fully saturated rings. The molecule has 1 unspecified atom stereocenters. The molecule has 0 saturated carbocycles. The lowest BCUT2D eigenvalue weighted by Gasteiger charge is -2.29. The molecule has 0 spiro atoms. The maximum absolute atomic E-state index is 5.68. The van der Waals surface area contributed by atoms with E-state index >= 15 is 0 Å². The summed E-state index contributed by atoms with van der Waals surface area (Å²) in [5.74, 6) is 2.31. The highest BCUT2D eigenvalue weighted by Gasteiger charge is 2.27. The molecule has 7 heteroatoms. The molecule has 0 amide bonds. The topological polar surface area (TPSA) is 66.1 Å². The molecule has 162 valence electrons. The molecule has 4 rings (SSSR count). The van der Waals surface area contributed by atoms with E-state index in [9.17, 15) is 0 Å². The van der Waals surface area contributed by atoms with E-state index in [2.05, 4.69) is 46.1 Å². The number of nitrogens with zero attached hydrogens (tertiary/aromatic N) is 4. The third-order valence-corrected chi connectivity index (χ3v) is 5.78. The molecular weight excluding hydrogens is 378 g/mol. The van der Waals surface area contributed by atoms with Crippen molar-refractivity contribution in [2.24, 2.45) is 10.9 Å². The second kappa shape index (κ2) is 10.1. The van der Waals surface area contributed by atoms with E-state index in [4.69, 9.17) is 14.1 Å². The van der Waals surface area contributed by atoms with Crippen molar-refractivity contribution in [3.8, 4) is 11.5 Å². The number of rotatable bonds is 6. The van der Waals surface area contributed by atoms with E-state index in [-0.39, 0.29) is 0 Å². The lowest BCUT2D eigenvalue weighted by molar-refractivity contribution is 0.0315. The van der Waals surface area contributed by atoms with Gasteiger partial charge in [-0.25, -0.2) is 9.98 Å². The second-order valence-electron chi connectivity index (χ2n) is 8.19. The number of likely N-dealkylation sites (tertiary alicyclic amines) is 1.